The van der Waals surface area contributed by atoms with Crippen LogP contribution in [0.4, 0.5) is 4.39 Å². The van der Waals surface area contributed by atoms with Gasteiger partial charge in [-0.05, 0) is 55.0 Å². The van der Waals surface area contributed by atoms with Crippen LogP contribution in [0.2, 0.25) is 0 Å². The van der Waals surface area contributed by atoms with Crippen LogP contribution in [-0.2, 0) is 6.42 Å². The lowest BCUT2D eigenvalue weighted by Crippen LogP contribution is -2.11. The van der Waals surface area contributed by atoms with Gasteiger partial charge in [0.25, 0.3) is 0 Å². The summed E-state index contributed by atoms with van der Waals surface area (Å²) in [6.07, 6.45) is 16.6. The molecule has 2 aromatic rings. The highest BCUT2D eigenvalue weighted by Crippen LogP contribution is 2.21. The molecule has 2 rings (SSSR count). The zero-order valence-corrected chi connectivity index (χ0v) is 20.5. The van der Waals surface area contributed by atoms with Crippen LogP contribution >= 0.6 is 0 Å². The maximum Gasteiger partial charge on any atom is 0.159 e. The maximum atomic E-state index is 14.1. The topological polar surface area (TPSA) is 35.0 Å². The maximum absolute atomic E-state index is 14.1. The van der Waals surface area contributed by atoms with Crippen molar-refractivity contribution < 1.29 is 9.13 Å². The average Bonchev–Trinajstić information content (AvgIpc) is 2.79. The van der Waals surface area contributed by atoms with E-state index in [1.807, 2.05) is 36.7 Å². The Balaban J connectivity index is 1.69. The second-order valence-corrected chi connectivity index (χ2v) is 9.17. The van der Waals surface area contributed by atoms with Crippen molar-refractivity contribution in [2.24, 2.45) is 5.92 Å². The molecular weight excluding hydrogens is 399 g/mol. The van der Waals surface area contributed by atoms with Crippen LogP contribution in [0.15, 0.2) is 36.7 Å². The molecule has 1 aromatic heterocycles. The molecule has 32 heavy (non-hydrogen) atoms. The summed E-state index contributed by atoms with van der Waals surface area (Å²) in [5.74, 6) is 1.93. The van der Waals surface area contributed by atoms with Crippen LogP contribution in [0.1, 0.15) is 97.0 Å². The van der Waals surface area contributed by atoms with E-state index in [9.17, 15) is 4.39 Å². The fraction of sp³-hybridized carbons (Fsp3) is 0.643. The molecule has 0 spiro atoms. The van der Waals surface area contributed by atoms with Gasteiger partial charge in [-0.25, -0.2) is 14.4 Å². The third kappa shape index (κ3) is 10.6. The van der Waals surface area contributed by atoms with E-state index in [-0.39, 0.29) is 0 Å². The summed E-state index contributed by atoms with van der Waals surface area (Å²) >= 11 is 0. The Morgan fingerprint density at radius 2 is 1.50 bits per heavy atom. The fourth-order valence-corrected chi connectivity index (χ4v) is 4.09. The van der Waals surface area contributed by atoms with E-state index >= 15 is 0 Å². The summed E-state index contributed by atoms with van der Waals surface area (Å²) in [6.45, 7) is 6.93. The van der Waals surface area contributed by atoms with Gasteiger partial charge in [0.1, 0.15) is 11.9 Å². The monoisotopic (exact) mass is 442 g/mol. The smallest absolute Gasteiger partial charge is 0.159 e. The number of halogens is 1. The number of rotatable bonds is 17. The predicted molar refractivity (Wildman–Crippen MR) is 133 cm³/mol. The van der Waals surface area contributed by atoms with E-state index < -0.39 is 6.17 Å². The van der Waals surface area contributed by atoms with Gasteiger partial charge < -0.3 is 4.74 Å². The number of unbranched alkanes of at least 4 members (excludes halogenated alkanes) is 6. The quantitative estimate of drug-likeness (QED) is 0.231. The summed E-state index contributed by atoms with van der Waals surface area (Å²) in [6, 6.07) is 7.77. The Bertz CT molecular complexity index is 717. The minimum atomic E-state index is -0.788. The first-order valence-electron chi connectivity index (χ1n) is 12.8. The molecule has 0 saturated heterocycles. The molecule has 0 saturated carbocycles. The van der Waals surface area contributed by atoms with Crippen LogP contribution in [0.25, 0.3) is 11.4 Å². The number of ether oxygens (including phenoxy) is 1. The minimum Gasteiger partial charge on any atom is -0.493 e. The molecule has 0 bridgehead atoms. The molecule has 0 aliphatic rings. The highest BCUT2D eigenvalue weighted by molar-refractivity contribution is 5.55. The second-order valence-electron chi connectivity index (χ2n) is 9.17. The predicted octanol–water partition coefficient (Wildman–Crippen LogP) is 8.37. The third-order valence-electron chi connectivity index (χ3n) is 6.03. The Hall–Kier alpha value is -1.97. The molecule has 4 heteroatoms. The third-order valence-corrected chi connectivity index (χ3v) is 6.03. The van der Waals surface area contributed by atoms with Crippen molar-refractivity contribution in [3.05, 3.63) is 42.2 Å². The molecule has 0 N–H and O–H groups in total. The van der Waals surface area contributed by atoms with Crippen molar-refractivity contribution in [2.45, 2.75) is 104 Å². The van der Waals surface area contributed by atoms with Gasteiger partial charge >= 0.3 is 0 Å². The summed E-state index contributed by atoms with van der Waals surface area (Å²) in [7, 11) is 0. The molecule has 178 valence electrons. The highest BCUT2D eigenvalue weighted by Gasteiger charge is 2.12. The number of hydrogen-bond donors (Lipinski definition) is 0. The van der Waals surface area contributed by atoms with Gasteiger partial charge in [0.15, 0.2) is 5.82 Å². The lowest BCUT2D eigenvalue weighted by Gasteiger charge is -2.14. The lowest BCUT2D eigenvalue weighted by molar-refractivity contribution is 0.206. The van der Waals surface area contributed by atoms with E-state index in [2.05, 4.69) is 30.7 Å². The van der Waals surface area contributed by atoms with Crippen molar-refractivity contribution in [3.63, 3.8) is 0 Å². The molecule has 0 fully saturated rings. The van der Waals surface area contributed by atoms with E-state index in [1.165, 1.54) is 50.5 Å². The Morgan fingerprint density at radius 1 is 0.844 bits per heavy atom. The van der Waals surface area contributed by atoms with Crippen molar-refractivity contribution in [2.75, 3.05) is 6.61 Å². The molecule has 1 aromatic carbocycles. The molecule has 0 aliphatic heterocycles. The van der Waals surface area contributed by atoms with E-state index in [0.717, 1.165) is 36.4 Å². The van der Waals surface area contributed by atoms with Gasteiger partial charge in [0.05, 0.1) is 6.61 Å². The van der Waals surface area contributed by atoms with Crippen LogP contribution in [-0.4, -0.2) is 22.7 Å². The summed E-state index contributed by atoms with van der Waals surface area (Å²) in [5, 5.41) is 0. The molecular formula is C28H43FN2O. The number of alkyl halides is 1. The fourth-order valence-electron chi connectivity index (χ4n) is 4.09. The first-order valence-corrected chi connectivity index (χ1v) is 12.8. The minimum absolute atomic E-state index is 0.406. The summed E-state index contributed by atoms with van der Waals surface area (Å²) < 4.78 is 19.8. The average molecular weight is 443 g/mol. The zero-order chi connectivity index (χ0) is 23.0. The molecule has 0 radical (unpaired) electrons. The zero-order valence-electron chi connectivity index (χ0n) is 20.5. The van der Waals surface area contributed by atoms with E-state index in [0.29, 0.717) is 25.4 Å². The molecule has 0 amide bonds. The number of benzene rings is 1. The standard InChI is InChI=1S/C28H43FN2O/c1-4-6-7-8-9-10-11-13-24-21-30-28(31-22-24)25-14-16-27(17-15-25)32-19-18-26(29)20-23(3)12-5-2/h14-17,21-23,26H,4-13,18-20H2,1-3H3. The summed E-state index contributed by atoms with van der Waals surface area (Å²) in [5.41, 5.74) is 2.17. The normalized spacial score (nSPS) is 13.1. The number of hydrogen-bond acceptors (Lipinski definition) is 3. The van der Waals surface area contributed by atoms with Crippen molar-refractivity contribution in [1.82, 2.24) is 9.97 Å². The van der Waals surface area contributed by atoms with Gasteiger partial charge in [-0.1, -0.05) is 72.1 Å². The highest BCUT2D eigenvalue weighted by atomic mass is 19.1. The van der Waals surface area contributed by atoms with Crippen molar-refractivity contribution in [3.8, 4) is 17.1 Å². The first kappa shape index (κ1) is 26.3. The van der Waals surface area contributed by atoms with Crippen LogP contribution in [0, 0.1) is 5.92 Å². The van der Waals surface area contributed by atoms with Gasteiger partial charge in [-0.15, -0.1) is 0 Å². The molecule has 0 aliphatic carbocycles. The second kappa shape index (κ2) is 15.8. The number of aromatic nitrogens is 2. The van der Waals surface area contributed by atoms with Crippen LogP contribution in [0.5, 0.6) is 5.75 Å². The van der Waals surface area contributed by atoms with Crippen molar-refractivity contribution in [1.29, 1.82) is 0 Å². The molecule has 2 atom stereocenters. The molecule has 2 unspecified atom stereocenters. The van der Waals surface area contributed by atoms with Gasteiger partial charge in [-0.3, -0.25) is 0 Å². The van der Waals surface area contributed by atoms with Gasteiger partial charge in [-0.2, -0.15) is 0 Å². The SMILES string of the molecule is CCCCCCCCCc1cnc(-c2ccc(OCCC(F)CC(C)CCC)cc2)nc1. The molecule has 1 heterocycles. The number of nitrogens with zero attached hydrogens (tertiary/aromatic N) is 2. The van der Waals surface area contributed by atoms with E-state index in [1.54, 1.807) is 0 Å². The van der Waals surface area contributed by atoms with E-state index in [4.69, 9.17) is 4.74 Å². The lowest BCUT2D eigenvalue weighted by atomic mass is 9.98. The Labute approximate surface area is 195 Å². The Kier molecular flexibility index (Phi) is 13.0. The van der Waals surface area contributed by atoms with Gasteiger partial charge in [0, 0.05) is 24.4 Å². The number of aryl methyl sites for hydroxylation is 1. The Morgan fingerprint density at radius 3 is 2.16 bits per heavy atom. The largest absolute Gasteiger partial charge is 0.493 e. The van der Waals surface area contributed by atoms with Crippen LogP contribution < -0.4 is 4.74 Å². The first-order chi connectivity index (χ1) is 15.6. The molecule has 3 nitrogen and oxygen atoms in total. The van der Waals surface area contributed by atoms with Gasteiger partial charge in [0.2, 0.25) is 0 Å². The summed E-state index contributed by atoms with van der Waals surface area (Å²) in [4.78, 5) is 9.09. The van der Waals surface area contributed by atoms with Crippen molar-refractivity contribution >= 4 is 0 Å². The van der Waals surface area contributed by atoms with Crippen LogP contribution in [0.3, 0.4) is 0 Å².